The van der Waals surface area contributed by atoms with Crippen molar-refractivity contribution < 1.29 is 4.79 Å². The largest absolute Gasteiger partial charge is 0.348 e. The van der Waals surface area contributed by atoms with E-state index in [9.17, 15) is 4.79 Å². The molecule has 0 aromatic heterocycles. The summed E-state index contributed by atoms with van der Waals surface area (Å²) in [5, 5.41) is 2.94. The van der Waals surface area contributed by atoms with Crippen LogP contribution in [0.25, 0.3) is 0 Å². The van der Waals surface area contributed by atoms with E-state index in [0.29, 0.717) is 12.1 Å². The van der Waals surface area contributed by atoms with Crippen LogP contribution in [-0.4, -0.2) is 18.5 Å². The molecule has 3 nitrogen and oxygen atoms in total. The van der Waals surface area contributed by atoms with Gasteiger partial charge in [0, 0.05) is 21.5 Å². The van der Waals surface area contributed by atoms with Crippen molar-refractivity contribution in [1.29, 1.82) is 0 Å². The second kappa shape index (κ2) is 7.13. The normalized spacial score (nSPS) is 12.2. The van der Waals surface area contributed by atoms with E-state index in [1.165, 1.54) is 0 Å². The predicted molar refractivity (Wildman–Crippen MR) is 77.1 cm³/mol. The van der Waals surface area contributed by atoms with Gasteiger partial charge in [-0.3, -0.25) is 4.79 Å². The van der Waals surface area contributed by atoms with Gasteiger partial charge in [0.15, 0.2) is 0 Å². The van der Waals surface area contributed by atoms with Crippen LogP contribution in [0.4, 0.5) is 0 Å². The zero-order valence-corrected chi connectivity index (χ0v) is 12.8. The highest BCUT2D eigenvalue weighted by Gasteiger charge is 2.14. The summed E-state index contributed by atoms with van der Waals surface area (Å²) in [5.74, 6) is -0.0953. The first-order chi connectivity index (χ1) is 8.08. The number of halogens is 2. The summed E-state index contributed by atoms with van der Waals surface area (Å²) in [6.45, 7) is 2.54. The summed E-state index contributed by atoms with van der Waals surface area (Å²) in [6.07, 6.45) is 1.90. The molecule has 0 spiro atoms. The summed E-state index contributed by atoms with van der Waals surface area (Å²) < 4.78 is 1.66. The van der Waals surface area contributed by atoms with Gasteiger partial charge in [0.25, 0.3) is 5.91 Å². The van der Waals surface area contributed by atoms with E-state index in [4.69, 9.17) is 5.73 Å². The second-order valence-electron chi connectivity index (χ2n) is 3.82. The summed E-state index contributed by atoms with van der Waals surface area (Å²) >= 11 is 6.72. The molecular formula is C12H16Br2N2O. The van der Waals surface area contributed by atoms with Gasteiger partial charge in [0.05, 0.1) is 5.56 Å². The van der Waals surface area contributed by atoms with E-state index in [1.807, 2.05) is 12.1 Å². The Morgan fingerprint density at radius 2 is 2.18 bits per heavy atom. The molecule has 0 radical (unpaired) electrons. The Labute approximate surface area is 118 Å². The molecule has 1 rings (SSSR count). The standard InChI is InChI=1S/C12H16Br2N2O/c1-2-3-9(7-15)16-12(17)10-6-8(13)4-5-11(10)14/h4-6,9H,2-3,7,15H2,1H3,(H,16,17). The predicted octanol–water partition coefficient (Wildman–Crippen LogP) is 3.07. The van der Waals surface area contributed by atoms with Crippen LogP contribution in [0.2, 0.25) is 0 Å². The molecule has 0 saturated heterocycles. The first-order valence-corrected chi connectivity index (χ1v) is 7.13. The Balaban J connectivity index is 2.78. The summed E-state index contributed by atoms with van der Waals surface area (Å²) in [4.78, 5) is 12.0. The molecule has 1 amide bonds. The molecule has 0 aliphatic heterocycles. The van der Waals surface area contributed by atoms with Gasteiger partial charge in [-0.25, -0.2) is 0 Å². The molecule has 5 heteroatoms. The van der Waals surface area contributed by atoms with Crippen LogP contribution in [0.15, 0.2) is 27.1 Å². The van der Waals surface area contributed by atoms with Crippen molar-refractivity contribution in [3.8, 4) is 0 Å². The number of nitrogens with one attached hydrogen (secondary N) is 1. The minimum absolute atomic E-state index is 0.0402. The summed E-state index contributed by atoms with van der Waals surface area (Å²) in [7, 11) is 0. The molecule has 1 unspecified atom stereocenters. The lowest BCUT2D eigenvalue weighted by Crippen LogP contribution is -2.40. The number of carbonyl (C=O) groups is 1. The van der Waals surface area contributed by atoms with E-state index in [2.05, 4.69) is 44.1 Å². The number of benzene rings is 1. The average molecular weight is 364 g/mol. The molecule has 94 valence electrons. The van der Waals surface area contributed by atoms with Gasteiger partial charge in [0.2, 0.25) is 0 Å². The van der Waals surface area contributed by atoms with E-state index in [1.54, 1.807) is 6.07 Å². The average Bonchev–Trinajstić information content (AvgIpc) is 2.31. The zero-order chi connectivity index (χ0) is 12.8. The lowest BCUT2D eigenvalue weighted by Gasteiger charge is -2.16. The van der Waals surface area contributed by atoms with Gasteiger partial charge >= 0.3 is 0 Å². The van der Waals surface area contributed by atoms with Crippen molar-refractivity contribution in [1.82, 2.24) is 5.32 Å². The molecule has 0 aliphatic rings. The second-order valence-corrected chi connectivity index (χ2v) is 5.59. The van der Waals surface area contributed by atoms with Crippen LogP contribution in [0.5, 0.6) is 0 Å². The van der Waals surface area contributed by atoms with E-state index in [-0.39, 0.29) is 11.9 Å². The number of hydrogen-bond donors (Lipinski definition) is 2. The van der Waals surface area contributed by atoms with Gasteiger partial charge in [-0.1, -0.05) is 29.3 Å². The molecule has 1 atom stereocenters. The Bertz CT molecular complexity index is 396. The third-order valence-electron chi connectivity index (χ3n) is 2.43. The fraction of sp³-hybridized carbons (Fsp3) is 0.417. The van der Waals surface area contributed by atoms with E-state index in [0.717, 1.165) is 21.8 Å². The van der Waals surface area contributed by atoms with Crippen molar-refractivity contribution in [2.45, 2.75) is 25.8 Å². The smallest absolute Gasteiger partial charge is 0.252 e. The number of nitrogens with two attached hydrogens (primary N) is 1. The maximum absolute atomic E-state index is 12.0. The SMILES string of the molecule is CCCC(CN)NC(=O)c1cc(Br)ccc1Br. The molecule has 0 fully saturated rings. The van der Waals surface area contributed by atoms with Crippen LogP contribution >= 0.6 is 31.9 Å². The van der Waals surface area contributed by atoms with E-state index < -0.39 is 0 Å². The van der Waals surface area contributed by atoms with Crippen LogP contribution in [0, 0.1) is 0 Å². The molecular weight excluding hydrogens is 348 g/mol. The van der Waals surface area contributed by atoms with Crippen LogP contribution in [0.1, 0.15) is 30.1 Å². The van der Waals surface area contributed by atoms with Crippen molar-refractivity contribution in [2.75, 3.05) is 6.54 Å². The van der Waals surface area contributed by atoms with Crippen LogP contribution in [-0.2, 0) is 0 Å². The number of amides is 1. The minimum Gasteiger partial charge on any atom is -0.348 e. The Morgan fingerprint density at radius 1 is 1.47 bits per heavy atom. The van der Waals surface area contributed by atoms with Gasteiger partial charge in [-0.05, 0) is 40.5 Å². The fourth-order valence-electron chi connectivity index (χ4n) is 1.53. The van der Waals surface area contributed by atoms with Gasteiger partial charge < -0.3 is 11.1 Å². The molecule has 17 heavy (non-hydrogen) atoms. The van der Waals surface area contributed by atoms with Gasteiger partial charge in [0.1, 0.15) is 0 Å². The third kappa shape index (κ3) is 4.41. The van der Waals surface area contributed by atoms with E-state index >= 15 is 0 Å². The number of hydrogen-bond acceptors (Lipinski definition) is 2. The zero-order valence-electron chi connectivity index (χ0n) is 9.67. The molecule has 0 saturated carbocycles. The topological polar surface area (TPSA) is 55.1 Å². The third-order valence-corrected chi connectivity index (χ3v) is 3.61. The van der Waals surface area contributed by atoms with Crippen LogP contribution in [0.3, 0.4) is 0 Å². The summed E-state index contributed by atoms with van der Waals surface area (Å²) in [6, 6.07) is 5.56. The molecule has 1 aromatic carbocycles. The molecule has 0 bridgehead atoms. The maximum atomic E-state index is 12.0. The van der Waals surface area contributed by atoms with Crippen molar-refractivity contribution >= 4 is 37.8 Å². The van der Waals surface area contributed by atoms with Crippen molar-refractivity contribution in [3.63, 3.8) is 0 Å². The molecule has 3 N–H and O–H groups in total. The van der Waals surface area contributed by atoms with Gasteiger partial charge in [-0.15, -0.1) is 0 Å². The first kappa shape index (κ1) is 14.7. The molecule has 0 aliphatic carbocycles. The van der Waals surface area contributed by atoms with Crippen LogP contribution < -0.4 is 11.1 Å². The van der Waals surface area contributed by atoms with Gasteiger partial charge in [-0.2, -0.15) is 0 Å². The lowest BCUT2D eigenvalue weighted by molar-refractivity contribution is 0.0935. The minimum atomic E-state index is -0.0953. The maximum Gasteiger partial charge on any atom is 0.252 e. The lowest BCUT2D eigenvalue weighted by atomic mass is 10.1. The Morgan fingerprint density at radius 3 is 2.76 bits per heavy atom. The highest BCUT2D eigenvalue weighted by Crippen LogP contribution is 2.21. The highest BCUT2D eigenvalue weighted by molar-refractivity contribution is 9.11. The Hall–Kier alpha value is -0.390. The summed E-state index contributed by atoms with van der Waals surface area (Å²) in [5.41, 5.74) is 6.24. The van der Waals surface area contributed by atoms with Crippen molar-refractivity contribution in [3.05, 3.63) is 32.7 Å². The number of rotatable bonds is 5. The Kier molecular flexibility index (Phi) is 6.16. The molecule has 1 aromatic rings. The molecule has 0 heterocycles. The van der Waals surface area contributed by atoms with Crippen molar-refractivity contribution in [2.24, 2.45) is 5.73 Å². The monoisotopic (exact) mass is 362 g/mol. The fourth-order valence-corrected chi connectivity index (χ4v) is 2.32. The number of carbonyl (C=O) groups excluding carboxylic acids is 1. The first-order valence-electron chi connectivity index (χ1n) is 5.54. The highest BCUT2D eigenvalue weighted by atomic mass is 79.9. The quantitative estimate of drug-likeness (QED) is 0.844.